The molecule has 0 amide bonds. The molecular formula is C14H20BrN3S. The third-order valence-corrected chi connectivity index (χ3v) is 5.07. The van der Waals surface area contributed by atoms with Crippen molar-refractivity contribution in [2.75, 3.05) is 5.32 Å². The summed E-state index contributed by atoms with van der Waals surface area (Å²) in [5.74, 6) is 0. The standard InChI is InChI=1S/C14H20BrN3S/c1-8(2)18-11(5)14(10(4)17-18)16-9(3)13-6-12(15)7-19-13/h6-9,16H,1-5H3. The van der Waals surface area contributed by atoms with Crippen LogP contribution in [0, 0.1) is 13.8 Å². The quantitative estimate of drug-likeness (QED) is 0.840. The van der Waals surface area contributed by atoms with E-state index in [-0.39, 0.29) is 0 Å². The number of nitrogens with zero attached hydrogens (tertiary/aromatic N) is 2. The molecule has 0 saturated heterocycles. The predicted octanol–water partition coefficient (Wildman–Crippen LogP) is 5.08. The fourth-order valence-corrected chi connectivity index (χ4v) is 3.67. The molecule has 0 saturated carbocycles. The van der Waals surface area contributed by atoms with Crippen LogP contribution in [0.3, 0.4) is 0 Å². The molecule has 2 aromatic rings. The summed E-state index contributed by atoms with van der Waals surface area (Å²) in [7, 11) is 0. The molecule has 0 aliphatic rings. The smallest absolute Gasteiger partial charge is 0.0828 e. The topological polar surface area (TPSA) is 29.9 Å². The molecule has 0 bridgehead atoms. The third-order valence-electron chi connectivity index (χ3n) is 3.19. The van der Waals surface area contributed by atoms with E-state index in [0.29, 0.717) is 12.1 Å². The molecule has 19 heavy (non-hydrogen) atoms. The first-order chi connectivity index (χ1) is 8.90. The average Bonchev–Trinajstić information content (AvgIpc) is 2.87. The lowest BCUT2D eigenvalue weighted by molar-refractivity contribution is 0.516. The molecule has 0 aromatic carbocycles. The lowest BCUT2D eigenvalue weighted by Crippen LogP contribution is -2.08. The number of hydrogen-bond donors (Lipinski definition) is 1. The molecule has 1 atom stereocenters. The molecule has 3 nitrogen and oxygen atoms in total. The second-order valence-electron chi connectivity index (χ2n) is 5.12. The highest BCUT2D eigenvalue weighted by atomic mass is 79.9. The van der Waals surface area contributed by atoms with Gasteiger partial charge in [0.1, 0.15) is 0 Å². The van der Waals surface area contributed by atoms with Gasteiger partial charge in [-0.1, -0.05) is 0 Å². The van der Waals surface area contributed by atoms with Crippen molar-refractivity contribution < 1.29 is 0 Å². The zero-order valence-corrected chi connectivity index (χ0v) is 14.4. The van der Waals surface area contributed by atoms with Gasteiger partial charge in [-0.3, -0.25) is 4.68 Å². The molecule has 1 N–H and O–H groups in total. The number of aromatic nitrogens is 2. The maximum absolute atomic E-state index is 4.61. The van der Waals surface area contributed by atoms with E-state index in [0.717, 1.165) is 15.9 Å². The highest BCUT2D eigenvalue weighted by molar-refractivity contribution is 9.10. The fourth-order valence-electron chi connectivity index (χ4n) is 2.22. The molecule has 2 rings (SSSR count). The molecule has 5 heteroatoms. The normalized spacial score (nSPS) is 13.0. The van der Waals surface area contributed by atoms with E-state index in [1.54, 1.807) is 11.3 Å². The second-order valence-corrected chi connectivity index (χ2v) is 6.98. The predicted molar refractivity (Wildman–Crippen MR) is 86.1 cm³/mol. The largest absolute Gasteiger partial charge is 0.375 e. The maximum atomic E-state index is 4.61. The number of anilines is 1. The van der Waals surface area contributed by atoms with Crippen LogP contribution < -0.4 is 5.32 Å². The first-order valence-electron chi connectivity index (χ1n) is 6.46. The van der Waals surface area contributed by atoms with Gasteiger partial charge in [0, 0.05) is 20.8 Å². The highest BCUT2D eigenvalue weighted by Gasteiger charge is 2.16. The third kappa shape index (κ3) is 3.03. The van der Waals surface area contributed by atoms with Gasteiger partial charge >= 0.3 is 0 Å². The molecule has 0 fully saturated rings. The van der Waals surface area contributed by atoms with Gasteiger partial charge in [0.05, 0.1) is 23.1 Å². The van der Waals surface area contributed by atoms with Crippen molar-refractivity contribution in [3.8, 4) is 0 Å². The van der Waals surface area contributed by atoms with Crippen LogP contribution in [0.1, 0.15) is 49.1 Å². The molecule has 2 aromatic heterocycles. The van der Waals surface area contributed by atoms with Crippen LogP contribution in [0.15, 0.2) is 15.9 Å². The minimum Gasteiger partial charge on any atom is -0.375 e. The number of hydrogen-bond acceptors (Lipinski definition) is 3. The van der Waals surface area contributed by atoms with Crippen molar-refractivity contribution in [2.45, 2.75) is 46.7 Å². The van der Waals surface area contributed by atoms with Crippen LogP contribution in [0.4, 0.5) is 5.69 Å². The molecule has 0 spiro atoms. The van der Waals surface area contributed by atoms with E-state index in [1.165, 1.54) is 10.6 Å². The van der Waals surface area contributed by atoms with E-state index in [2.05, 4.69) is 77.1 Å². The van der Waals surface area contributed by atoms with E-state index in [9.17, 15) is 0 Å². The Balaban J connectivity index is 2.24. The first-order valence-corrected chi connectivity index (χ1v) is 8.13. The Morgan fingerprint density at radius 2 is 2.00 bits per heavy atom. The SMILES string of the molecule is Cc1nn(C(C)C)c(C)c1NC(C)c1cc(Br)cs1. The summed E-state index contributed by atoms with van der Waals surface area (Å²) in [6.07, 6.45) is 0. The summed E-state index contributed by atoms with van der Waals surface area (Å²) >= 11 is 5.27. The molecule has 0 aliphatic carbocycles. The van der Waals surface area contributed by atoms with Gasteiger partial charge in [0.2, 0.25) is 0 Å². The Hall–Kier alpha value is -0.810. The number of rotatable bonds is 4. The minimum atomic E-state index is 0.290. The monoisotopic (exact) mass is 341 g/mol. The Morgan fingerprint density at radius 3 is 2.47 bits per heavy atom. The zero-order valence-electron chi connectivity index (χ0n) is 12.0. The lowest BCUT2D eigenvalue weighted by Gasteiger charge is -2.15. The molecule has 1 unspecified atom stereocenters. The van der Waals surface area contributed by atoms with Crippen molar-refractivity contribution >= 4 is 33.0 Å². The molecule has 0 radical (unpaired) electrons. The van der Waals surface area contributed by atoms with Crippen molar-refractivity contribution in [2.24, 2.45) is 0 Å². The van der Waals surface area contributed by atoms with Crippen LogP contribution in [0.2, 0.25) is 0 Å². The van der Waals surface area contributed by atoms with Gasteiger partial charge in [0.25, 0.3) is 0 Å². The van der Waals surface area contributed by atoms with Crippen molar-refractivity contribution in [3.63, 3.8) is 0 Å². The summed E-state index contributed by atoms with van der Waals surface area (Å²) in [4.78, 5) is 1.32. The van der Waals surface area contributed by atoms with Gasteiger partial charge in [0.15, 0.2) is 0 Å². The van der Waals surface area contributed by atoms with Crippen LogP contribution >= 0.6 is 27.3 Å². The van der Waals surface area contributed by atoms with Gasteiger partial charge in [-0.05, 0) is 56.6 Å². The Labute approximate surface area is 127 Å². The van der Waals surface area contributed by atoms with E-state index in [4.69, 9.17) is 0 Å². The van der Waals surface area contributed by atoms with Gasteiger partial charge in [-0.25, -0.2) is 0 Å². The number of aryl methyl sites for hydroxylation is 1. The van der Waals surface area contributed by atoms with Gasteiger partial charge in [-0.15, -0.1) is 11.3 Å². The molecule has 0 aliphatic heterocycles. The van der Waals surface area contributed by atoms with Crippen molar-refractivity contribution in [3.05, 3.63) is 32.2 Å². The maximum Gasteiger partial charge on any atom is 0.0828 e. The Kier molecular flexibility index (Phi) is 4.36. The van der Waals surface area contributed by atoms with E-state index in [1.807, 2.05) is 0 Å². The van der Waals surface area contributed by atoms with Crippen LogP contribution in [0.5, 0.6) is 0 Å². The van der Waals surface area contributed by atoms with Crippen molar-refractivity contribution in [1.82, 2.24) is 9.78 Å². The Morgan fingerprint density at radius 1 is 1.32 bits per heavy atom. The Bertz CT molecular complexity index is 571. The summed E-state index contributed by atoms with van der Waals surface area (Å²) in [5, 5.41) is 10.3. The second kappa shape index (κ2) is 5.67. The van der Waals surface area contributed by atoms with Crippen LogP contribution in [-0.4, -0.2) is 9.78 Å². The molecular weight excluding hydrogens is 322 g/mol. The summed E-state index contributed by atoms with van der Waals surface area (Å²) in [5.41, 5.74) is 3.43. The molecule has 104 valence electrons. The average molecular weight is 342 g/mol. The number of thiophene rings is 1. The van der Waals surface area contributed by atoms with Crippen LogP contribution in [0.25, 0.3) is 0 Å². The number of nitrogens with one attached hydrogen (secondary N) is 1. The fraction of sp³-hybridized carbons (Fsp3) is 0.500. The lowest BCUT2D eigenvalue weighted by atomic mass is 10.2. The number of halogens is 1. The summed E-state index contributed by atoms with van der Waals surface area (Å²) < 4.78 is 3.22. The van der Waals surface area contributed by atoms with E-state index < -0.39 is 0 Å². The van der Waals surface area contributed by atoms with Crippen molar-refractivity contribution in [1.29, 1.82) is 0 Å². The van der Waals surface area contributed by atoms with Crippen LogP contribution in [-0.2, 0) is 0 Å². The first kappa shape index (κ1) is 14.6. The van der Waals surface area contributed by atoms with E-state index >= 15 is 0 Å². The summed E-state index contributed by atoms with van der Waals surface area (Å²) in [6.45, 7) is 10.7. The molecule has 2 heterocycles. The highest BCUT2D eigenvalue weighted by Crippen LogP contribution is 2.30. The van der Waals surface area contributed by atoms with Gasteiger partial charge in [-0.2, -0.15) is 5.10 Å². The summed E-state index contributed by atoms with van der Waals surface area (Å²) in [6, 6.07) is 2.85. The minimum absolute atomic E-state index is 0.290. The zero-order chi connectivity index (χ0) is 14.2. The van der Waals surface area contributed by atoms with Gasteiger partial charge < -0.3 is 5.32 Å².